The monoisotopic (exact) mass is 513 g/mol. The van der Waals surface area contributed by atoms with Crippen molar-refractivity contribution in [1.29, 1.82) is 0 Å². The normalized spacial score (nSPS) is 13.5. The van der Waals surface area contributed by atoms with E-state index in [0.29, 0.717) is 46.7 Å². The third kappa shape index (κ3) is 5.86. The Bertz CT molecular complexity index is 1370. The van der Waals surface area contributed by atoms with Gasteiger partial charge in [0.15, 0.2) is 0 Å². The number of H-pyrrole nitrogens is 1. The molecule has 198 valence electrons. The highest BCUT2D eigenvalue weighted by Crippen LogP contribution is 2.34. The molecule has 0 spiro atoms. The Kier molecular flexibility index (Phi) is 8.43. The molecule has 8 nitrogen and oxygen atoms in total. The van der Waals surface area contributed by atoms with Crippen LogP contribution in [0, 0.1) is 13.8 Å². The second kappa shape index (κ2) is 11.9. The van der Waals surface area contributed by atoms with Crippen molar-refractivity contribution >= 4 is 35.1 Å². The maximum Gasteiger partial charge on any atom is 0.256 e. The number of hydrogen-bond acceptors (Lipinski definition) is 4. The predicted molar refractivity (Wildman–Crippen MR) is 151 cm³/mol. The summed E-state index contributed by atoms with van der Waals surface area (Å²) in [6.07, 6.45) is 1.75. The number of amides is 3. The molecule has 0 atom stereocenters. The predicted octanol–water partition coefficient (Wildman–Crippen LogP) is 4.13. The van der Waals surface area contributed by atoms with Crippen LogP contribution in [0.25, 0.3) is 11.6 Å². The number of nitrogens with one attached hydrogen (secondary N) is 4. The van der Waals surface area contributed by atoms with Crippen molar-refractivity contribution in [1.82, 2.24) is 20.5 Å². The van der Waals surface area contributed by atoms with Crippen LogP contribution in [0.15, 0.2) is 48.5 Å². The number of aryl methyl sites for hydroxylation is 1. The number of hydrogen-bond donors (Lipinski definition) is 4. The number of carbonyl (C=O) groups excluding carboxylic acids is 3. The fraction of sp³-hybridized carbons (Fsp3) is 0.300. The first-order valence-corrected chi connectivity index (χ1v) is 13.0. The van der Waals surface area contributed by atoms with Crippen LogP contribution in [0.4, 0.5) is 5.69 Å². The number of aromatic nitrogens is 1. The molecule has 0 unspecified atom stereocenters. The molecule has 3 amide bonds. The van der Waals surface area contributed by atoms with Crippen LogP contribution >= 0.6 is 0 Å². The molecule has 0 bridgehead atoms. The van der Waals surface area contributed by atoms with Crippen molar-refractivity contribution in [3.05, 3.63) is 87.7 Å². The number of nitrogens with zero attached hydrogens (tertiary/aromatic N) is 1. The van der Waals surface area contributed by atoms with Gasteiger partial charge in [0, 0.05) is 47.8 Å². The molecular weight excluding hydrogens is 478 g/mol. The number of fused-ring (bicyclic) bond motifs is 1. The highest BCUT2D eigenvalue weighted by atomic mass is 16.2. The number of anilines is 1. The molecule has 4 N–H and O–H groups in total. The molecule has 0 fully saturated rings. The second-order valence-corrected chi connectivity index (χ2v) is 9.39. The van der Waals surface area contributed by atoms with Gasteiger partial charge in [0.2, 0.25) is 0 Å². The van der Waals surface area contributed by atoms with E-state index in [1.165, 1.54) is 0 Å². The maximum absolute atomic E-state index is 12.9. The summed E-state index contributed by atoms with van der Waals surface area (Å²) in [6.45, 7) is 11.6. The van der Waals surface area contributed by atoms with Crippen LogP contribution in [-0.4, -0.2) is 53.8 Å². The van der Waals surface area contributed by atoms with Crippen LogP contribution in [0.2, 0.25) is 0 Å². The average molecular weight is 514 g/mol. The zero-order chi connectivity index (χ0) is 27.2. The Morgan fingerprint density at radius 1 is 0.974 bits per heavy atom. The summed E-state index contributed by atoms with van der Waals surface area (Å²) >= 11 is 0. The Labute approximate surface area is 223 Å². The number of carbonyl (C=O) groups is 3. The summed E-state index contributed by atoms with van der Waals surface area (Å²) in [5.41, 5.74) is 6.00. The van der Waals surface area contributed by atoms with Gasteiger partial charge in [-0.2, -0.15) is 0 Å². The molecule has 1 aromatic heterocycles. The molecule has 8 heteroatoms. The van der Waals surface area contributed by atoms with Gasteiger partial charge in [-0.15, -0.1) is 0 Å². The van der Waals surface area contributed by atoms with Crippen molar-refractivity contribution < 1.29 is 14.4 Å². The average Bonchev–Trinajstić information content (AvgIpc) is 3.39. The SMILES string of the molecule is CCN(CC)CCNC(=O)c1c(C)[nH]c(/C=C2\C(=O)Nc3ccc(C(=O)NCc4ccccc4)cc32)c1C. The van der Waals surface area contributed by atoms with Crippen molar-refractivity contribution in [2.24, 2.45) is 0 Å². The minimum atomic E-state index is -0.251. The van der Waals surface area contributed by atoms with E-state index in [1.807, 2.05) is 44.2 Å². The van der Waals surface area contributed by atoms with Crippen molar-refractivity contribution in [2.45, 2.75) is 34.2 Å². The first-order valence-electron chi connectivity index (χ1n) is 13.0. The topological polar surface area (TPSA) is 106 Å². The lowest BCUT2D eigenvalue weighted by molar-refractivity contribution is -0.110. The van der Waals surface area contributed by atoms with Gasteiger partial charge < -0.3 is 25.8 Å². The highest BCUT2D eigenvalue weighted by molar-refractivity contribution is 6.35. The molecule has 0 saturated carbocycles. The molecule has 1 aliphatic heterocycles. The quantitative estimate of drug-likeness (QED) is 0.306. The molecule has 4 rings (SSSR count). The molecule has 0 aliphatic carbocycles. The van der Waals surface area contributed by atoms with Crippen LogP contribution in [0.1, 0.15) is 62.6 Å². The van der Waals surface area contributed by atoms with E-state index in [0.717, 1.165) is 36.5 Å². The summed E-state index contributed by atoms with van der Waals surface area (Å²) in [5, 5.41) is 8.81. The van der Waals surface area contributed by atoms with Gasteiger partial charge in [0.25, 0.3) is 17.7 Å². The van der Waals surface area contributed by atoms with Crippen LogP contribution in [0.5, 0.6) is 0 Å². The van der Waals surface area contributed by atoms with Crippen LogP contribution < -0.4 is 16.0 Å². The molecule has 1 aliphatic rings. The minimum Gasteiger partial charge on any atom is -0.358 e. The summed E-state index contributed by atoms with van der Waals surface area (Å²) in [5.74, 6) is -0.605. The fourth-order valence-electron chi connectivity index (χ4n) is 4.71. The zero-order valence-corrected chi connectivity index (χ0v) is 22.4. The third-order valence-electron chi connectivity index (χ3n) is 6.96. The van der Waals surface area contributed by atoms with E-state index >= 15 is 0 Å². The fourth-order valence-corrected chi connectivity index (χ4v) is 4.71. The Morgan fingerprint density at radius 2 is 1.71 bits per heavy atom. The van der Waals surface area contributed by atoms with Gasteiger partial charge >= 0.3 is 0 Å². The van der Waals surface area contributed by atoms with Gasteiger partial charge in [0.1, 0.15) is 0 Å². The first-order chi connectivity index (χ1) is 18.3. The smallest absolute Gasteiger partial charge is 0.256 e. The molecule has 3 aromatic rings. The molecule has 0 saturated heterocycles. The maximum atomic E-state index is 12.9. The summed E-state index contributed by atoms with van der Waals surface area (Å²) in [6, 6.07) is 14.9. The van der Waals surface area contributed by atoms with Crippen LogP contribution in [0.3, 0.4) is 0 Å². The summed E-state index contributed by atoms with van der Waals surface area (Å²) in [7, 11) is 0. The van der Waals surface area contributed by atoms with Crippen molar-refractivity contribution in [3.8, 4) is 0 Å². The molecule has 2 aromatic carbocycles. The zero-order valence-electron chi connectivity index (χ0n) is 22.4. The minimum absolute atomic E-state index is 0.137. The molecule has 2 heterocycles. The Morgan fingerprint density at radius 3 is 2.42 bits per heavy atom. The van der Waals surface area contributed by atoms with E-state index in [2.05, 4.69) is 39.7 Å². The lowest BCUT2D eigenvalue weighted by Crippen LogP contribution is -2.35. The Balaban J connectivity index is 1.53. The van der Waals surface area contributed by atoms with E-state index < -0.39 is 0 Å². The van der Waals surface area contributed by atoms with Crippen LogP contribution in [-0.2, 0) is 11.3 Å². The van der Waals surface area contributed by atoms with Gasteiger partial charge in [-0.1, -0.05) is 44.2 Å². The summed E-state index contributed by atoms with van der Waals surface area (Å²) < 4.78 is 0. The molecule has 38 heavy (non-hydrogen) atoms. The van der Waals surface area contributed by atoms with Crippen molar-refractivity contribution in [3.63, 3.8) is 0 Å². The summed E-state index contributed by atoms with van der Waals surface area (Å²) in [4.78, 5) is 44.1. The highest BCUT2D eigenvalue weighted by Gasteiger charge is 2.27. The molecular formula is C30H35N5O3. The van der Waals surface area contributed by atoms with Gasteiger partial charge in [-0.3, -0.25) is 14.4 Å². The first kappa shape index (κ1) is 26.9. The van der Waals surface area contributed by atoms with E-state index in [-0.39, 0.29) is 17.7 Å². The van der Waals surface area contributed by atoms with E-state index in [1.54, 1.807) is 24.3 Å². The third-order valence-corrected chi connectivity index (χ3v) is 6.96. The Hall–Kier alpha value is -4.17. The van der Waals surface area contributed by atoms with Gasteiger partial charge in [-0.05, 0) is 62.3 Å². The standard InChI is InChI=1S/C30H35N5O3/c1-5-35(6-2)15-14-31-30(38)27-19(3)26(33-20(27)4)17-24-23-16-22(12-13-25(23)34-29(24)37)28(36)32-18-21-10-8-7-9-11-21/h7-13,16-17,33H,5-6,14-15,18H2,1-4H3,(H,31,38)(H,32,36)(H,34,37)/b24-17-. The number of aromatic amines is 1. The van der Waals surface area contributed by atoms with Crippen molar-refractivity contribution in [2.75, 3.05) is 31.5 Å². The molecule has 0 radical (unpaired) electrons. The van der Waals surface area contributed by atoms with Gasteiger partial charge in [-0.25, -0.2) is 0 Å². The van der Waals surface area contributed by atoms with E-state index in [9.17, 15) is 14.4 Å². The lowest BCUT2D eigenvalue weighted by atomic mass is 10.0. The number of rotatable bonds is 10. The number of benzene rings is 2. The lowest BCUT2D eigenvalue weighted by Gasteiger charge is -2.18. The second-order valence-electron chi connectivity index (χ2n) is 9.39. The van der Waals surface area contributed by atoms with E-state index in [4.69, 9.17) is 0 Å². The largest absolute Gasteiger partial charge is 0.358 e. The van der Waals surface area contributed by atoms with Gasteiger partial charge in [0.05, 0.1) is 11.1 Å². The number of likely N-dealkylation sites (N-methyl/N-ethyl adjacent to an activating group) is 1.